The van der Waals surface area contributed by atoms with Gasteiger partial charge in [-0.2, -0.15) is 0 Å². The van der Waals surface area contributed by atoms with Crippen molar-refractivity contribution in [3.05, 3.63) is 0 Å². The molecule has 2 heterocycles. The van der Waals surface area contributed by atoms with E-state index in [4.69, 9.17) is 10.5 Å². The third-order valence-electron chi connectivity index (χ3n) is 2.94. The van der Waals surface area contributed by atoms with Gasteiger partial charge in [-0.3, -0.25) is 4.79 Å². The Labute approximate surface area is 78.0 Å². The van der Waals surface area contributed by atoms with Crippen molar-refractivity contribution in [1.29, 1.82) is 0 Å². The second-order valence-corrected chi connectivity index (χ2v) is 3.85. The Hall–Kier alpha value is -0.610. The van der Waals surface area contributed by atoms with Crippen LogP contribution in [0.1, 0.15) is 19.8 Å². The number of nitrogens with two attached hydrogens (primary N) is 1. The lowest BCUT2D eigenvalue weighted by Crippen LogP contribution is -2.48. The molecule has 0 saturated carbocycles. The number of hydrogen-bond donors (Lipinski definition) is 1. The van der Waals surface area contributed by atoms with Crippen LogP contribution in [0.2, 0.25) is 0 Å². The van der Waals surface area contributed by atoms with E-state index in [1.54, 1.807) is 0 Å². The largest absolute Gasteiger partial charge is 0.374 e. The fourth-order valence-corrected chi connectivity index (χ4v) is 2.06. The van der Waals surface area contributed by atoms with E-state index >= 15 is 0 Å². The van der Waals surface area contributed by atoms with Crippen LogP contribution in [0.15, 0.2) is 0 Å². The Morgan fingerprint density at radius 1 is 1.77 bits per heavy atom. The molecular weight excluding hydrogens is 168 g/mol. The van der Waals surface area contributed by atoms with Crippen LogP contribution in [0, 0.1) is 0 Å². The molecule has 2 N–H and O–H groups in total. The minimum atomic E-state index is -0.320. The molecule has 0 aromatic carbocycles. The molecule has 0 aliphatic carbocycles. The van der Waals surface area contributed by atoms with Gasteiger partial charge in [0.05, 0.1) is 24.8 Å². The minimum absolute atomic E-state index is 0.0956. The number of rotatable bonds is 2. The average Bonchev–Trinajstić information content (AvgIpc) is 2.76. The summed E-state index contributed by atoms with van der Waals surface area (Å²) in [5, 5.41) is 0. The highest BCUT2D eigenvalue weighted by molar-refractivity contribution is 5.82. The van der Waals surface area contributed by atoms with Crippen LogP contribution < -0.4 is 5.73 Å². The molecule has 13 heavy (non-hydrogen) atoms. The number of hydrogen-bond acceptors (Lipinski definition) is 3. The monoisotopic (exact) mass is 184 g/mol. The summed E-state index contributed by atoms with van der Waals surface area (Å²) in [4.78, 5) is 13.6. The zero-order chi connectivity index (χ0) is 9.42. The van der Waals surface area contributed by atoms with Gasteiger partial charge in [-0.1, -0.05) is 6.92 Å². The molecule has 2 aliphatic rings. The van der Waals surface area contributed by atoms with Crippen molar-refractivity contribution < 1.29 is 9.53 Å². The molecule has 2 saturated heterocycles. The van der Waals surface area contributed by atoms with Crippen molar-refractivity contribution in [3.8, 4) is 0 Å². The first-order valence-electron chi connectivity index (χ1n) is 4.90. The van der Waals surface area contributed by atoms with Gasteiger partial charge in [0.2, 0.25) is 5.91 Å². The van der Waals surface area contributed by atoms with Crippen LogP contribution >= 0.6 is 0 Å². The van der Waals surface area contributed by atoms with Gasteiger partial charge < -0.3 is 15.4 Å². The highest BCUT2D eigenvalue weighted by Gasteiger charge is 2.42. The first-order valence-corrected chi connectivity index (χ1v) is 4.90. The Bertz CT molecular complexity index is 220. The number of fused-ring (bicyclic) bond motifs is 2. The maximum Gasteiger partial charge on any atom is 0.239 e. The van der Waals surface area contributed by atoms with Crippen LogP contribution in [-0.2, 0) is 9.53 Å². The summed E-state index contributed by atoms with van der Waals surface area (Å²) >= 11 is 0. The average molecular weight is 184 g/mol. The predicted octanol–water partition coefficient (Wildman–Crippen LogP) is -0.277. The summed E-state index contributed by atoms with van der Waals surface area (Å²) in [5.74, 6) is 0.0956. The van der Waals surface area contributed by atoms with Crippen molar-refractivity contribution >= 4 is 5.91 Å². The van der Waals surface area contributed by atoms with E-state index in [1.807, 2.05) is 11.8 Å². The number of amides is 1. The zero-order valence-electron chi connectivity index (χ0n) is 7.90. The molecule has 2 fully saturated rings. The van der Waals surface area contributed by atoms with Gasteiger partial charge in [-0.05, 0) is 12.8 Å². The van der Waals surface area contributed by atoms with Crippen molar-refractivity contribution in [2.45, 2.75) is 38.0 Å². The van der Waals surface area contributed by atoms with Crippen LogP contribution in [-0.4, -0.2) is 42.1 Å². The van der Waals surface area contributed by atoms with E-state index in [1.165, 1.54) is 0 Å². The van der Waals surface area contributed by atoms with Gasteiger partial charge in [-0.25, -0.2) is 0 Å². The number of nitrogens with zero attached hydrogens (tertiary/aromatic N) is 1. The molecule has 4 heteroatoms. The molecule has 1 amide bonds. The molecule has 0 aromatic heterocycles. The second kappa shape index (κ2) is 3.27. The van der Waals surface area contributed by atoms with Crippen molar-refractivity contribution in [3.63, 3.8) is 0 Å². The van der Waals surface area contributed by atoms with E-state index in [-0.39, 0.29) is 18.1 Å². The van der Waals surface area contributed by atoms with Gasteiger partial charge in [0.15, 0.2) is 0 Å². The molecule has 2 bridgehead atoms. The maximum absolute atomic E-state index is 11.7. The maximum atomic E-state index is 11.7. The van der Waals surface area contributed by atoms with Gasteiger partial charge >= 0.3 is 0 Å². The summed E-state index contributed by atoms with van der Waals surface area (Å²) in [6.07, 6.45) is 1.99. The molecule has 2 aliphatic heterocycles. The zero-order valence-corrected chi connectivity index (χ0v) is 7.90. The van der Waals surface area contributed by atoms with E-state index < -0.39 is 0 Å². The van der Waals surface area contributed by atoms with Crippen molar-refractivity contribution in [2.75, 3.05) is 13.2 Å². The molecule has 0 unspecified atom stereocenters. The van der Waals surface area contributed by atoms with E-state index in [0.29, 0.717) is 19.1 Å². The van der Waals surface area contributed by atoms with E-state index in [0.717, 1.165) is 13.0 Å². The summed E-state index contributed by atoms with van der Waals surface area (Å²) < 4.78 is 5.41. The van der Waals surface area contributed by atoms with Gasteiger partial charge in [-0.15, -0.1) is 0 Å². The van der Waals surface area contributed by atoms with Crippen molar-refractivity contribution in [2.24, 2.45) is 5.73 Å². The third kappa shape index (κ3) is 1.44. The lowest BCUT2D eigenvalue weighted by atomic mass is 10.2. The second-order valence-electron chi connectivity index (χ2n) is 3.85. The van der Waals surface area contributed by atoms with Crippen LogP contribution in [0.5, 0.6) is 0 Å². The highest BCUT2D eigenvalue weighted by Crippen LogP contribution is 2.28. The fourth-order valence-electron chi connectivity index (χ4n) is 2.06. The summed E-state index contributed by atoms with van der Waals surface area (Å²) in [7, 11) is 0. The molecule has 74 valence electrons. The molecule has 0 spiro atoms. The first-order chi connectivity index (χ1) is 6.22. The lowest BCUT2D eigenvalue weighted by molar-refractivity contribution is -0.137. The predicted molar refractivity (Wildman–Crippen MR) is 48.1 cm³/mol. The Morgan fingerprint density at radius 3 is 3.00 bits per heavy atom. The normalized spacial score (nSPS) is 33.8. The van der Waals surface area contributed by atoms with Gasteiger partial charge in [0.1, 0.15) is 0 Å². The summed E-state index contributed by atoms with van der Waals surface area (Å²) in [5.41, 5.74) is 5.70. The van der Waals surface area contributed by atoms with E-state index in [2.05, 4.69) is 0 Å². The van der Waals surface area contributed by atoms with Gasteiger partial charge in [0, 0.05) is 6.54 Å². The quantitative estimate of drug-likeness (QED) is 0.642. The van der Waals surface area contributed by atoms with E-state index in [9.17, 15) is 4.79 Å². The molecule has 4 nitrogen and oxygen atoms in total. The molecule has 3 atom stereocenters. The van der Waals surface area contributed by atoms with Crippen LogP contribution in [0.3, 0.4) is 0 Å². The highest BCUT2D eigenvalue weighted by atomic mass is 16.5. The Morgan fingerprint density at radius 2 is 2.54 bits per heavy atom. The number of carbonyl (C=O) groups excluding carboxylic acids is 1. The number of likely N-dealkylation sites (tertiary alicyclic amines) is 1. The smallest absolute Gasteiger partial charge is 0.239 e. The SMILES string of the molecule is CC[C@H](N)C(=O)N1C[C@@H]2C[C@H]1CO2. The van der Waals surface area contributed by atoms with Crippen LogP contribution in [0.25, 0.3) is 0 Å². The third-order valence-corrected chi connectivity index (χ3v) is 2.94. The van der Waals surface area contributed by atoms with Crippen LogP contribution in [0.4, 0.5) is 0 Å². The van der Waals surface area contributed by atoms with Gasteiger partial charge in [0.25, 0.3) is 0 Å². The summed E-state index contributed by atoms with van der Waals surface area (Å²) in [6, 6.07) is -0.0190. The first kappa shape index (κ1) is 8.97. The number of carbonyl (C=O) groups is 1. The topological polar surface area (TPSA) is 55.6 Å². The molecule has 0 aromatic rings. The Balaban J connectivity index is 1.98. The fraction of sp³-hybridized carbons (Fsp3) is 0.889. The molecule has 2 rings (SSSR count). The molecular formula is C9H16N2O2. The lowest BCUT2D eigenvalue weighted by Gasteiger charge is -2.28. The summed E-state index contributed by atoms with van der Waals surface area (Å²) in [6.45, 7) is 3.39. The number of morpholine rings is 1. The Kier molecular flexibility index (Phi) is 2.26. The molecule has 0 radical (unpaired) electrons. The number of ether oxygens (including phenoxy) is 1. The standard InChI is InChI=1S/C9H16N2O2/c1-2-8(10)9(12)11-4-7-3-6(11)5-13-7/h6-8H,2-5,10H2,1H3/t6-,7-,8-/m0/s1. The van der Waals surface area contributed by atoms with Crippen molar-refractivity contribution in [1.82, 2.24) is 4.90 Å². The minimum Gasteiger partial charge on any atom is -0.374 e.